The Morgan fingerprint density at radius 1 is 1.11 bits per heavy atom. The quantitative estimate of drug-likeness (QED) is 0.924. The van der Waals surface area contributed by atoms with Crippen molar-refractivity contribution in [2.45, 2.75) is 5.92 Å². The second-order valence-electron chi connectivity index (χ2n) is 3.98. The maximum absolute atomic E-state index is 5.79. The molecule has 0 aliphatic rings. The highest BCUT2D eigenvalue weighted by Gasteiger charge is 2.10. The Hall–Kier alpha value is -1.39. The number of hydrogen-bond donors (Lipinski definition) is 1. The van der Waals surface area contributed by atoms with E-state index in [-0.39, 0.29) is 5.92 Å². The van der Waals surface area contributed by atoms with Crippen LogP contribution >= 0.6 is 15.9 Å². The molecule has 2 aromatic rings. The van der Waals surface area contributed by atoms with Gasteiger partial charge in [0.1, 0.15) is 5.75 Å². The molecule has 1 atom stereocenters. The minimum Gasteiger partial charge on any atom is -0.493 e. The van der Waals surface area contributed by atoms with Gasteiger partial charge in [-0.3, -0.25) is 4.98 Å². The highest BCUT2D eigenvalue weighted by Crippen LogP contribution is 2.19. The van der Waals surface area contributed by atoms with Gasteiger partial charge in [-0.2, -0.15) is 0 Å². The van der Waals surface area contributed by atoms with E-state index in [2.05, 4.69) is 20.9 Å². The van der Waals surface area contributed by atoms with Crippen LogP contribution in [0.4, 0.5) is 0 Å². The monoisotopic (exact) mass is 306 g/mol. The zero-order valence-electron chi connectivity index (χ0n) is 9.92. The van der Waals surface area contributed by atoms with Crippen molar-refractivity contribution < 1.29 is 4.74 Å². The minimum absolute atomic E-state index is 0.191. The first-order valence-electron chi connectivity index (χ1n) is 5.78. The number of nitrogens with two attached hydrogens (primary N) is 1. The molecule has 1 heterocycles. The van der Waals surface area contributed by atoms with Gasteiger partial charge in [0.25, 0.3) is 0 Å². The van der Waals surface area contributed by atoms with E-state index in [0.717, 1.165) is 15.8 Å². The molecule has 0 amide bonds. The first-order chi connectivity index (χ1) is 8.79. The van der Waals surface area contributed by atoms with Crippen LogP contribution in [0.2, 0.25) is 0 Å². The fourth-order valence-electron chi connectivity index (χ4n) is 1.66. The minimum atomic E-state index is 0.191. The summed E-state index contributed by atoms with van der Waals surface area (Å²) >= 11 is 3.39. The third-order valence-corrected chi connectivity index (χ3v) is 3.26. The molecule has 18 heavy (non-hydrogen) atoms. The topological polar surface area (TPSA) is 48.1 Å². The van der Waals surface area contributed by atoms with Gasteiger partial charge >= 0.3 is 0 Å². The van der Waals surface area contributed by atoms with Crippen LogP contribution in [0.15, 0.2) is 53.3 Å². The molecule has 2 N–H and O–H groups in total. The van der Waals surface area contributed by atoms with E-state index in [1.54, 1.807) is 12.4 Å². The SMILES string of the molecule is NCC(COc1ccc(Br)cc1)c1ccncc1. The lowest BCUT2D eigenvalue weighted by atomic mass is 10.0. The third kappa shape index (κ3) is 3.55. The van der Waals surface area contributed by atoms with Gasteiger partial charge in [-0.25, -0.2) is 0 Å². The van der Waals surface area contributed by atoms with Crippen molar-refractivity contribution in [1.29, 1.82) is 0 Å². The van der Waals surface area contributed by atoms with Crippen LogP contribution < -0.4 is 10.5 Å². The van der Waals surface area contributed by atoms with Crippen LogP contribution in [0.3, 0.4) is 0 Å². The van der Waals surface area contributed by atoms with Crippen molar-refractivity contribution in [3.05, 3.63) is 58.8 Å². The standard InChI is InChI=1S/C14H15BrN2O/c15-13-1-3-14(4-2-13)18-10-12(9-16)11-5-7-17-8-6-11/h1-8,12H,9-10,16H2. The number of pyridine rings is 1. The molecule has 4 heteroatoms. The average Bonchev–Trinajstić information content (AvgIpc) is 2.43. The number of ether oxygens (including phenoxy) is 1. The average molecular weight is 307 g/mol. The smallest absolute Gasteiger partial charge is 0.119 e. The van der Waals surface area contributed by atoms with Crippen LogP contribution in [-0.4, -0.2) is 18.1 Å². The highest BCUT2D eigenvalue weighted by molar-refractivity contribution is 9.10. The summed E-state index contributed by atoms with van der Waals surface area (Å²) in [5.41, 5.74) is 6.94. The Balaban J connectivity index is 1.97. The first-order valence-corrected chi connectivity index (χ1v) is 6.57. The molecular weight excluding hydrogens is 292 g/mol. The van der Waals surface area contributed by atoms with Crippen LogP contribution in [0.1, 0.15) is 11.5 Å². The number of benzene rings is 1. The van der Waals surface area contributed by atoms with Crippen molar-refractivity contribution in [3.63, 3.8) is 0 Å². The molecule has 94 valence electrons. The van der Waals surface area contributed by atoms with E-state index < -0.39 is 0 Å². The molecule has 0 aliphatic heterocycles. The number of nitrogens with zero attached hydrogens (tertiary/aromatic N) is 1. The van der Waals surface area contributed by atoms with E-state index in [1.807, 2.05) is 36.4 Å². The Morgan fingerprint density at radius 2 is 1.78 bits per heavy atom. The summed E-state index contributed by atoms with van der Waals surface area (Å²) in [7, 11) is 0. The van der Waals surface area contributed by atoms with Gasteiger partial charge < -0.3 is 10.5 Å². The molecule has 0 spiro atoms. The molecule has 2 rings (SSSR count). The second-order valence-corrected chi connectivity index (χ2v) is 4.89. The van der Waals surface area contributed by atoms with Crippen molar-refractivity contribution in [1.82, 2.24) is 4.98 Å². The van der Waals surface area contributed by atoms with Crippen LogP contribution in [-0.2, 0) is 0 Å². The molecule has 0 saturated carbocycles. The molecule has 1 unspecified atom stereocenters. The van der Waals surface area contributed by atoms with E-state index in [4.69, 9.17) is 10.5 Å². The highest BCUT2D eigenvalue weighted by atomic mass is 79.9. The fourth-order valence-corrected chi connectivity index (χ4v) is 1.93. The van der Waals surface area contributed by atoms with Gasteiger partial charge in [-0.05, 0) is 42.0 Å². The van der Waals surface area contributed by atoms with Gasteiger partial charge in [-0.1, -0.05) is 15.9 Å². The van der Waals surface area contributed by atoms with E-state index in [1.165, 1.54) is 0 Å². The lowest BCUT2D eigenvalue weighted by Crippen LogP contribution is -2.19. The molecular formula is C14H15BrN2O. The Kier molecular flexibility index (Phi) is 4.73. The molecule has 0 bridgehead atoms. The molecule has 0 fully saturated rings. The Bertz CT molecular complexity index is 473. The van der Waals surface area contributed by atoms with Crippen molar-refractivity contribution in [2.24, 2.45) is 5.73 Å². The van der Waals surface area contributed by atoms with Crippen molar-refractivity contribution in [3.8, 4) is 5.75 Å². The summed E-state index contributed by atoms with van der Waals surface area (Å²) in [5.74, 6) is 1.04. The lowest BCUT2D eigenvalue weighted by molar-refractivity contribution is 0.290. The Labute approximate surface area is 115 Å². The second kappa shape index (κ2) is 6.52. The number of hydrogen-bond acceptors (Lipinski definition) is 3. The van der Waals surface area contributed by atoms with Gasteiger partial charge in [-0.15, -0.1) is 0 Å². The number of aromatic nitrogens is 1. The predicted molar refractivity (Wildman–Crippen MR) is 75.7 cm³/mol. The fraction of sp³-hybridized carbons (Fsp3) is 0.214. The molecule has 1 aromatic carbocycles. The van der Waals surface area contributed by atoms with Crippen LogP contribution in [0.5, 0.6) is 5.75 Å². The normalized spacial score (nSPS) is 12.1. The lowest BCUT2D eigenvalue weighted by Gasteiger charge is -2.16. The number of rotatable bonds is 5. The van der Waals surface area contributed by atoms with E-state index in [0.29, 0.717) is 13.2 Å². The number of halogens is 1. The summed E-state index contributed by atoms with van der Waals surface area (Å²) in [5, 5.41) is 0. The summed E-state index contributed by atoms with van der Waals surface area (Å²) in [6.07, 6.45) is 3.55. The van der Waals surface area contributed by atoms with Gasteiger partial charge in [0.2, 0.25) is 0 Å². The Morgan fingerprint density at radius 3 is 2.39 bits per heavy atom. The van der Waals surface area contributed by atoms with Gasteiger partial charge in [0.15, 0.2) is 0 Å². The zero-order valence-corrected chi connectivity index (χ0v) is 11.5. The predicted octanol–water partition coefficient (Wildman–Crippen LogP) is 2.97. The molecule has 0 saturated heterocycles. The first kappa shape index (κ1) is 13.1. The summed E-state index contributed by atoms with van der Waals surface area (Å²) < 4.78 is 6.79. The van der Waals surface area contributed by atoms with Gasteiger partial charge in [0.05, 0.1) is 6.61 Å². The molecule has 0 radical (unpaired) electrons. The van der Waals surface area contributed by atoms with Crippen molar-refractivity contribution in [2.75, 3.05) is 13.2 Å². The summed E-state index contributed by atoms with van der Waals surface area (Å²) in [6.45, 7) is 1.13. The van der Waals surface area contributed by atoms with E-state index >= 15 is 0 Å². The zero-order chi connectivity index (χ0) is 12.8. The maximum Gasteiger partial charge on any atom is 0.119 e. The van der Waals surface area contributed by atoms with Crippen LogP contribution in [0, 0.1) is 0 Å². The summed E-state index contributed by atoms with van der Waals surface area (Å²) in [6, 6.07) is 11.7. The largest absolute Gasteiger partial charge is 0.493 e. The van der Waals surface area contributed by atoms with Gasteiger partial charge in [0, 0.05) is 29.3 Å². The third-order valence-electron chi connectivity index (χ3n) is 2.73. The van der Waals surface area contributed by atoms with Crippen molar-refractivity contribution >= 4 is 15.9 Å². The van der Waals surface area contributed by atoms with E-state index in [9.17, 15) is 0 Å². The molecule has 3 nitrogen and oxygen atoms in total. The molecule has 0 aliphatic carbocycles. The van der Waals surface area contributed by atoms with Crippen LogP contribution in [0.25, 0.3) is 0 Å². The maximum atomic E-state index is 5.79. The molecule has 1 aromatic heterocycles. The summed E-state index contributed by atoms with van der Waals surface area (Å²) in [4.78, 5) is 4.00.